The quantitative estimate of drug-likeness (QED) is 0.286. The van der Waals surface area contributed by atoms with Crippen molar-refractivity contribution in [3.8, 4) is 0 Å². The van der Waals surface area contributed by atoms with E-state index in [9.17, 15) is 0 Å². The van der Waals surface area contributed by atoms with Gasteiger partial charge >= 0.3 is 0 Å². The average molecular weight is 65.0 g/mol. The lowest BCUT2D eigenvalue weighted by molar-refractivity contribution is -0.670. The van der Waals surface area contributed by atoms with Crippen molar-refractivity contribution in [1.29, 1.82) is 0 Å². The van der Waals surface area contributed by atoms with Crippen LogP contribution < -0.4 is 5.26 Å². The highest BCUT2D eigenvalue weighted by molar-refractivity contribution is 4.07. The van der Waals surface area contributed by atoms with Gasteiger partial charge in [-0.2, -0.15) is 0 Å². The Kier molecular flexibility index (Phi) is 61.1. The fraction of sp³-hybridized carbons (Fsp3) is 0. The molecule has 4 heteroatoms. The van der Waals surface area contributed by atoms with Crippen molar-refractivity contribution in [2.75, 3.05) is 0 Å². The van der Waals surface area contributed by atoms with Gasteiger partial charge in [0.05, 0.1) is 0 Å². The summed E-state index contributed by atoms with van der Waals surface area (Å²) in [6, 6.07) is 0. The number of rotatable bonds is 0. The standard InChI is InChI=1S/H2O2.O2/c2*1-2/h1-2H;/p-1. The topological polar surface area (TPSA) is 77.4 Å². The molecule has 1 N–H and O–H groups in total. The van der Waals surface area contributed by atoms with Gasteiger partial charge in [-0.15, -0.1) is 0 Å². The molecule has 0 aliphatic carbocycles. The molecule has 0 heterocycles. The van der Waals surface area contributed by atoms with Gasteiger partial charge in [0.2, 0.25) is 0 Å². The molecule has 4 heavy (non-hydrogen) atoms. The molecule has 0 fully saturated rings. The summed E-state index contributed by atoms with van der Waals surface area (Å²) in [5.74, 6) is 0. The number of hydrogen-bond donors (Lipinski definition) is 1. The Morgan fingerprint density at radius 3 is 1.25 bits per heavy atom. The summed E-state index contributed by atoms with van der Waals surface area (Å²) >= 11 is 0. The van der Waals surface area contributed by atoms with Crippen LogP contribution in [0.2, 0.25) is 0 Å². The highest BCUT2D eigenvalue weighted by atomic mass is 17.0. The van der Waals surface area contributed by atoms with Gasteiger partial charge in [0.1, 0.15) is 0 Å². The minimum Gasteiger partial charge on any atom is -0.727 e. The van der Waals surface area contributed by atoms with Gasteiger partial charge in [-0.1, -0.05) is 0 Å². The third kappa shape index (κ3) is 1.78. The Bertz CT molecular complexity index is 0. The molecule has 0 spiro atoms. The molecule has 0 unspecified atom stereocenters. The van der Waals surface area contributed by atoms with Gasteiger partial charge < -0.3 is 10.5 Å². The number of hydrogen-bond acceptors (Lipinski definition) is 4. The average Bonchev–Trinajstić information content (AvgIpc) is 1.50. The second-order valence-electron chi connectivity index (χ2n) is 0. The first kappa shape index (κ1) is 9.68. The van der Waals surface area contributed by atoms with Crippen molar-refractivity contribution < 1.29 is 10.5 Å². The smallest absolute Gasteiger partial charge is 0 e. The monoisotopic (exact) mass is 65.0 g/mol. The normalized spacial score (nSPS) is 2.50. The molecule has 0 aliphatic rings. The minimum absolute atomic E-state index is 5.75. The van der Waals surface area contributed by atoms with Crippen LogP contribution in [0.25, 0.3) is 0 Å². The van der Waals surface area contributed by atoms with E-state index >= 15 is 0 Å². The van der Waals surface area contributed by atoms with Crippen molar-refractivity contribution >= 4 is 0 Å². The van der Waals surface area contributed by atoms with Crippen LogP contribution in [-0.4, -0.2) is 5.26 Å². The zero-order valence-corrected chi connectivity index (χ0v) is 1.67. The molecule has 4 nitrogen and oxygen atoms in total. The Labute approximate surface area is 21.8 Å². The first-order valence-electron chi connectivity index (χ1n) is 0.349. The summed E-state index contributed by atoms with van der Waals surface area (Å²) in [7, 11) is 0. The summed E-state index contributed by atoms with van der Waals surface area (Å²) in [4.78, 5) is 14.0. The van der Waals surface area contributed by atoms with Gasteiger partial charge in [0.25, 0.3) is 0 Å². The van der Waals surface area contributed by atoms with E-state index < -0.39 is 0 Å². The van der Waals surface area contributed by atoms with E-state index in [1.165, 1.54) is 0 Å². The maximum atomic E-state index is 7.25. The second kappa shape index (κ2) is 25.3. The van der Waals surface area contributed by atoms with Crippen LogP contribution in [0.5, 0.6) is 0 Å². The van der Waals surface area contributed by atoms with E-state index in [2.05, 4.69) is 0 Å². The molecule has 0 atom stereocenters. The molecule has 0 aromatic rings. The van der Waals surface area contributed by atoms with Crippen LogP contribution in [0.1, 0.15) is 0 Å². The minimum atomic E-state index is 5.75. The van der Waals surface area contributed by atoms with E-state index in [4.69, 9.17) is 20.4 Å². The molecule has 0 bridgehead atoms. The van der Waals surface area contributed by atoms with Crippen LogP contribution >= 0.6 is 0 Å². The fourth-order valence-corrected chi connectivity index (χ4v) is 0. The fourth-order valence-electron chi connectivity index (χ4n) is 0. The molecule has 0 saturated carbocycles. The highest BCUT2D eigenvalue weighted by Gasteiger charge is 0.707. The van der Waals surface area contributed by atoms with Crippen LogP contribution in [0.4, 0.5) is 0 Å². The summed E-state index contributed by atoms with van der Waals surface area (Å²) in [5, 5.41) is 13.0. The molecule has 0 amide bonds. The summed E-state index contributed by atoms with van der Waals surface area (Å²) < 4.78 is 0. The second-order valence-corrected chi connectivity index (χ2v) is 0. The first-order chi connectivity index (χ1) is 2.00. The SMILES string of the molecule is O=O.[O-]O. The lowest BCUT2D eigenvalue weighted by Crippen LogP contribution is -1.84. The van der Waals surface area contributed by atoms with E-state index in [1.54, 1.807) is 0 Å². The molecule has 0 aliphatic heterocycles. The van der Waals surface area contributed by atoms with Gasteiger partial charge in [-0.3, -0.25) is 0 Å². The van der Waals surface area contributed by atoms with E-state index in [0.717, 1.165) is 0 Å². The zero-order chi connectivity index (χ0) is 4.00. The van der Waals surface area contributed by atoms with Crippen LogP contribution in [0, 0.1) is 9.93 Å². The Morgan fingerprint density at radius 1 is 1.25 bits per heavy atom. The van der Waals surface area contributed by atoms with Gasteiger partial charge in [-0.05, 0) is 0 Å². The predicted octanol–water partition coefficient (Wildman–Crippen LogP) is -1.11. The predicted molar refractivity (Wildman–Crippen MR) is 9.36 cm³/mol. The highest BCUT2D eigenvalue weighted by Crippen LogP contribution is 0.741. The van der Waals surface area contributed by atoms with E-state index in [1.807, 2.05) is 0 Å². The molecule has 0 radical (unpaired) electrons. The van der Waals surface area contributed by atoms with Crippen molar-refractivity contribution in [2.45, 2.75) is 0 Å². The molecule has 0 rings (SSSR count). The van der Waals surface area contributed by atoms with Crippen LogP contribution in [0.3, 0.4) is 0 Å². The van der Waals surface area contributed by atoms with Crippen LogP contribution in [-0.2, 0) is 0 Å². The molecular weight excluding hydrogens is 64.0 g/mol. The van der Waals surface area contributed by atoms with Crippen molar-refractivity contribution in [1.82, 2.24) is 0 Å². The summed E-state index contributed by atoms with van der Waals surface area (Å²) in [6.45, 7) is 0. The molecule has 0 aromatic carbocycles. The first-order valence-corrected chi connectivity index (χ1v) is 0.349. The van der Waals surface area contributed by atoms with Crippen LogP contribution in [0.15, 0.2) is 0 Å². The lowest BCUT2D eigenvalue weighted by Gasteiger charge is -1.61. The Balaban J connectivity index is 0. The molecule has 0 aromatic heterocycles. The lowest BCUT2D eigenvalue weighted by atomic mass is 15.0. The maximum Gasteiger partial charge on any atom is 0 e. The van der Waals surface area contributed by atoms with Crippen molar-refractivity contribution in [2.24, 2.45) is 0 Å². The van der Waals surface area contributed by atoms with Gasteiger partial charge in [0, 0.05) is 9.93 Å². The third-order valence-electron chi connectivity index (χ3n) is 0. The van der Waals surface area contributed by atoms with Gasteiger partial charge in [-0.25, -0.2) is 0 Å². The Hall–Kier alpha value is -0.480. The van der Waals surface area contributed by atoms with Crippen molar-refractivity contribution in [3.63, 3.8) is 0 Å². The summed E-state index contributed by atoms with van der Waals surface area (Å²) in [6.07, 6.45) is 0. The molecule has 0 saturated heterocycles. The van der Waals surface area contributed by atoms with E-state index in [-0.39, 0.29) is 0 Å². The van der Waals surface area contributed by atoms with E-state index in [0.29, 0.717) is 0 Å². The summed E-state index contributed by atoms with van der Waals surface area (Å²) in [5.41, 5.74) is 0. The maximum absolute atomic E-state index is 7.25. The molecule has 26 valence electrons. The zero-order valence-electron chi connectivity index (χ0n) is 1.67. The largest absolute Gasteiger partial charge is 0.727 e. The third-order valence-corrected chi connectivity index (χ3v) is 0. The molecular formula is HO4-. The Morgan fingerprint density at radius 2 is 1.25 bits per heavy atom. The van der Waals surface area contributed by atoms with Gasteiger partial charge in [0.15, 0.2) is 0 Å². The van der Waals surface area contributed by atoms with Crippen molar-refractivity contribution in [3.05, 3.63) is 9.93 Å².